The number of hydrogen-bond donors (Lipinski definition) is 1. The van der Waals surface area contributed by atoms with Crippen molar-refractivity contribution in [2.45, 2.75) is 32.1 Å². The summed E-state index contributed by atoms with van der Waals surface area (Å²) in [6.45, 7) is 3.18. The fraction of sp³-hybridized carbons (Fsp3) is 0.455. The molecule has 1 spiro atoms. The molecule has 0 atom stereocenters. The number of anilines is 1. The minimum atomic E-state index is -1.00. The molecule has 4 rings (SSSR count). The van der Waals surface area contributed by atoms with Gasteiger partial charge in [0.05, 0.1) is 0 Å². The first-order valence-corrected chi connectivity index (χ1v) is 10.2. The van der Waals surface area contributed by atoms with E-state index >= 15 is 0 Å². The molecule has 2 aromatic rings. The van der Waals surface area contributed by atoms with Crippen molar-refractivity contribution in [3.63, 3.8) is 0 Å². The van der Waals surface area contributed by atoms with E-state index in [1.165, 1.54) is 6.07 Å². The van der Waals surface area contributed by atoms with Gasteiger partial charge < -0.3 is 14.9 Å². The third-order valence-corrected chi connectivity index (χ3v) is 6.21. The van der Waals surface area contributed by atoms with Crippen molar-refractivity contribution >= 4 is 17.7 Å². The molecule has 1 N–H and O–H groups in total. The van der Waals surface area contributed by atoms with Crippen LogP contribution in [0.25, 0.3) is 0 Å². The number of carboxylic acid groups (broad SMARTS) is 1. The Labute approximate surface area is 170 Å². The summed E-state index contributed by atoms with van der Waals surface area (Å²) in [6.07, 6.45) is 6.08. The lowest BCUT2D eigenvalue weighted by Gasteiger charge is -2.47. The van der Waals surface area contributed by atoms with Crippen LogP contribution in [0.3, 0.4) is 0 Å². The number of piperidine rings is 2. The fourth-order valence-electron chi connectivity index (χ4n) is 4.44. The number of carboxylic acids is 1. The van der Waals surface area contributed by atoms with Crippen LogP contribution >= 0.6 is 0 Å². The second-order valence-corrected chi connectivity index (χ2v) is 8.06. The van der Waals surface area contributed by atoms with Gasteiger partial charge in [0.1, 0.15) is 5.82 Å². The van der Waals surface area contributed by atoms with Gasteiger partial charge in [0.2, 0.25) is 5.91 Å². The van der Waals surface area contributed by atoms with Gasteiger partial charge >= 0.3 is 5.97 Å². The van der Waals surface area contributed by atoms with Crippen LogP contribution in [0.4, 0.5) is 5.82 Å². The summed E-state index contributed by atoms with van der Waals surface area (Å²) in [5.74, 6) is -0.0434. The average Bonchev–Trinajstić information content (AvgIpc) is 2.76. The van der Waals surface area contributed by atoms with Gasteiger partial charge in [-0.2, -0.15) is 0 Å². The molecule has 7 nitrogen and oxygen atoms in total. The van der Waals surface area contributed by atoms with Crippen LogP contribution in [-0.4, -0.2) is 58.0 Å². The number of amides is 1. The second-order valence-electron chi connectivity index (χ2n) is 8.06. The average molecular weight is 394 g/mol. The largest absolute Gasteiger partial charge is 0.477 e. The molecule has 0 unspecified atom stereocenters. The molecule has 0 saturated carbocycles. The number of carbonyl (C=O) groups excluding carboxylic acids is 1. The third kappa shape index (κ3) is 4.39. The van der Waals surface area contributed by atoms with Gasteiger partial charge in [-0.3, -0.25) is 9.78 Å². The smallest absolute Gasteiger partial charge is 0.354 e. The Kier molecular flexibility index (Phi) is 5.47. The van der Waals surface area contributed by atoms with E-state index in [9.17, 15) is 14.7 Å². The SMILES string of the molecule is O=C(O)c1cccc(N2CCC3(CCC(=O)N(CCc4ccccn4)C3)CC2)n1. The maximum atomic E-state index is 12.5. The van der Waals surface area contributed by atoms with E-state index in [0.717, 1.165) is 56.8 Å². The Morgan fingerprint density at radius 1 is 1.10 bits per heavy atom. The summed E-state index contributed by atoms with van der Waals surface area (Å²) >= 11 is 0. The molecule has 2 saturated heterocycles. The van der Waals surface area contributed by atoms with E-state index in [1.807, 2.05) is 29.2 Å². The van der Waals surface area contributed by atoms with E-state index in [2.05, 4.69) is 14.9 Å². The monoisotopic (exact) mass is 394 g/mol. The molecule has 29 heavy (non-hydrogen) atoms. The highest BCUT2D eigenvalue weighted by Crippen LogP contribution is 2.41. The lowest BCUT2D eigenvalue weighted by atomic mass is 9.72. The molecule has 0 bridgehead atoms. The number of aromatic nitrogens is 2. The topological polar surface area (TPSA) is 86.6 Å². The summed E-state index contributed by atoms with van der Waals surface area (Å²) in [5.41, 5.74) is 1.24. The Morgan fingerprint density at radius 3 is 2.66 bits per heavy atom. The van der Waals surface area contributed by atoms with Crippen LogP contribution in [0.15, 0.2) is 42.6 Å². The summed E-state index contributed by atoms with van der Waals surface area (Å²) < 4.78 is 0. The molecular formula is C22H26N4O3. The van der Waals surface area contributed by atoms with Crippen molar-refractivity contribution < 1.29 is 14.7 Å². The highest BCUT2D eigenvalue weighted by atomic mass is 16.4. The zero-order valence-corrected chi connectivity index (χ0v) is 16.5. The predicted octanol–water partition coefficient (Wildman–Crippen LogP) is 2.63. The van der Waals surface area contributed by atoms with Crippen molar-refractivity contribution in [2.24, 2.45) is 5.41 Å². The van der Waals surface area contributed by atoms with E-state index < -0.39 is 5.97 Å². The zero-order chi connectivity index (χ0) is 20.3. The first-order valence-electron chi connectivity index (χ1n) is 10.2. The van der Waals surface area contributed by atoms with Crippen LogP contribution in [0.2, 0.25) is 0 Å². The van der Waals surface area contributed by atoms with Crippen molar-refractivity contribution in [2.75, 3.05) is 31.1 Å². The summed E-state index contributed by atoms with van der Waals surface area (Å²) in [5, 5.41) is 9.17. The number of hydrogen-bond acceptors (Lipinski definition) is 5. The minimum absolute atomic E-state index is 0.0757. The van der Waals surface area contributed by atoms with Gasteiger partial charge in [0.25, 0.3) is 0 Å². The molecule has 4 heterocycles. The normalized spacial score (nSPS) is 18.8. The van der Waals surface area contributed by atoms with E-state index in [-0.39, 0.29) is 17.0 Å². The molecule has 2 aromatic heterocycles. The maximum Gasteiger partial charge on any atom is 0.354 e. The molecule has 152 valence electrons. The maximum absolute atomic E-state index is 12.5. The van der Waals surface area contributed by atoms with E-state index in [1.54, 1.807) is 12.3 Å². The van der Waals surface area contributed by atoms with Gasteiger partial charge in [-0.1, -0.05) is 12.1 Å². The number of nitrogens with zero attached hydrogens (tertiary/aromatic N) is 4. The number of carbonyl (C=O) groups is 2. The van der Waals surface area contributed by atoms with Crippen LogP contribution < -0.4 is 4.90 Å². The van der Waals surface area contributed by atoms with E-state index in [0.29, 0.717) is 13.0 Å². The zero-order valence-electron chi connectivity index (χ0n) is 16.5. The van der Waals surface area contributed by atoms with Crippen molar-refractivity contribution in [1.82, 2.24) is 14.9 Å². The predicted molar refractivity (Wildman–Crippen MR) is 109 cm³/mol. The molecule has 0 aliphatic carbocycles. The van der Waals surface area contributed by atoms with Gasteiger partial charge in [-0.05, 0) is 48.9 Å². The number of aromatic carboxylic acids is 1. The minimum Gasteiger partial charge on any atom is -0.477 e. The van der Waals surface area contributed by atoms with Gasteiger partial charge in [-0.15, -0.1) is 0 Å². The highest BCUT2D eigenvalue weighted by Gasteiger charge is 2.41. The quantitative estimate of drug-likeness (QED) is 0.839. The van der Waals surface area contributed by atoms with E-state index in [4.69, 9.17) is 0 Å². The molecule has 1 amide bonds. The Morgan fingerprint density at radius 2 is 1.93 bits per heavy atom. The third-order valence-electron chi connectivity index (χ3n) is 6.21. The second kappa shape index (κ2) is 8.19. The lowest BCUT2D eigenvalue weighted by molar-refractivity contribution is -0.138. The molecule has 2 fully saturated rings. The van der Waals surface area contributed by atoms with Crippen LogP contribution in [0.5, 0.6) is 0 Å². The van der Waals surface area contributed by atoms with Gasteiger partial charge in [0.15, 0.2) is 5.69 Å². The lowest BCUT2D eigenvalue weighted by Crippen LogP contribution is -2.52. The number of pyridine rings is 2. The van der Waals surface area contributed by atoms with Crippen molar-refractivity contribution in [3.8, 4) is 0 Å². The Hall–Kier alpha value is -2.96. The highest BCUT2D eigenvalue weighted by molar-refractivity contribution is 5.85. The summed E-state index contributed by atoms with van der Waals surface area (Å²) in [7, 11) is 0. The number of likely N-dealkylation sites (tertiary alicyclic amines) is 1. The Bertz CT molecular complexity index is 879. The molecular weight excluding hydrogens is 368 g/mol. The fourth-order valence-corrected chi connectivity index (χ4v) is 4.44. The first kappa shape index (κ1) is 19.4. The van der Waals surface area contributed by atoms with Gasteiger partial charge in [-0.25, -0.2) is 9.78 Å². The summed E-state index contributed by atoms with van der Waals surface area (Å²) in [6, 6.07) is 11.0. The molecule has 2 aliphatic rings. The summed E-state index contributed by atoms with van der Waals surface area (Å²) in [4.78, 5) is 36.5. The van der Waals surface area contributed by atoms with Crippen LogP contribution in [0.1, 0.15) is 41.9 Å². The van der Waals surface area contributed by atoms with Crippen molar-refractivity contribution in [3.05, 3.63) is 54.0 Å². The molecule has 0 radical (unpaired) electrons. The first-order chi connectivity index (χ1) is 14.0. The molecule has 7 heteroatoms. The standard InChI is InChI=1S/C22H26N4O3/c27-20-7-9-22(16-26(20)13-8-17-4-1-2-12-23-17)10-14-25(15-11-22)19-6-3-5-18(24-19)21(28)29/h1-6,12H,7-11,13-16H2,(H,28,29). The number of rotatable bonds is 5. The van der Waals surface area contributed by atoms with Crippen LogP contribution in [0, 0.1) is 5.41 Å². The van der Waals surface area contributed by atoms with Gasteiger partial charge in [0, 0.05) is 50.9 Å². The van der Waals surface area contributed by atoms with Crippen molar-refractivity contribution in [1.29, 1.82) is 0 Å². The molecule has 0 aromatic carbocycles. The Balaban J connectivity index is 1.37. The van der Waals surface area contributed by atoms with Crippen LogP contribution in [-0.2, 0) is 11.2 Å². The molecule has 2 aliphatic heterocycles.